The van der Waals surface area contributed by atoms with E-state index < -0.39 is 0 Å². The van der Waals surface area contributed by atoms with Crippen molar-refractivity contribution in [3.05, 3.63) is 15.6 Å². The van der Waals surface area contributed by atoms with Gasteiger partial charge in [-0.05, 0) is 27.7 Å². The van der Waals surface area contributed by atoms with Crippen molar-refractivity contribution in [1.82, 2.24) is 20.5 Å². The van der Waals surface area contributed by atoms with E-state index in [0.29, 0.717) is 13.1 Å². The normalized spacial score (nSPS) is 21.7. The zero-order valence-electron chi connectivity index (χ0n) is 12.7. The molecule has 2 heterocycles. The first-order valence-electron chi connectivity index (χ1n) is 7.22. The predicted molar refractivity (Wildman–Crippen MR) is 82.1 cm³/mol. The Morgan fingerprint density at radius 1 is 1.60 bits per heavy atom. The minimum atomic E-state index is -0.111. The molecule has 0 aliphatic carbocycles. The van der Waals surface area contributed by atoms with Crippen LogP contribution in [0, 0.1) is 13.8 Å². The minimum absolute atomic E-state index is 0.108. The Balaban J connectivity index is 2.19. The van der Waals surface area contributed by atoms with Gasteiger partial charge < -0.3 is 10.6 Å². The third-order valence-electron chi connectivity index (χ3n) is 3.77. The van der Waals surface area contributed by atoms with Gasteiger partial charge in [0.05, 0.1) is 16.7 Å². The Bertz CT molecular complexity index is 474. The summed E-state index contributed by atoms with van der Waals surface area (Å²) in [5, 5.41) is 7.33. The van der Waals surface area contributed by atoms with Crippen molar-refractivity contribution >= 4 is 17.2 Å². The summed E-state index contributed by atoms with van der Waals surface area (Å²) in [4.78, 5) is 20.4. The number of nitrogens with zero attached hydrogens (tertiary/aromatic N) is 2. The number of piperazine rings is 1. The van der Waals surface area contributed by atoms with E-state index in [1.54, 1.807) is 11.3 Å². The molecule has 2 rings (SSSR count). The fraction of sp³-hybridized carbons (Fsp3) is 0.714. The molecular weight excluding hydrogens is 272 g/mol. The van der Waals surface area contributed by atoms with Crippen LogP contribution in [0.2, 0.25) is 0 Å². The Morgan fingerprint density at radius 2 is 2.35 bits per heavy atom. The van der Waals surface area contributed by atoms with Crippen molar-refractivity contribution in [2.75, 3.05) is 26.2 Å². The van der Waals surface area contributed by atoms with Crippen LogP contribution < -0.4 is 10.6 Å². The molecule has 6 heteroatoms. The van der Waals surface area contributed by atoms with Gasteiger partial charge in [-0.2, -0.15) is 0 Å². The highest BCUT2D eigenvalue weighted by atomic mass is 32.1. The molecule has 0 bridgehead atoms. The maximum atomic E-state index is 12.2. The number of nitrogens with one attached hydrogen (secondary N) is 2. The quantitative estimate of drug-likeness (QED) is 0.877. The Morgan fingerprint density at radius 3 is 2.95 bits per heavy atom. The number of likely N-dealkylation sites (N-methyl/N-ethyl adjacent to an activating group) is 1. The van der Waals surface area contributed by atoms with Crippen LogP contribution in [0.15, 0.2) is 0 Å². The fourth-order valence-electron chi connectivity index (χ4n) is 2.81. The average molecular weight is 296 g/mol. The van der Waals surface area contributed by atoms with Crippen LogP contribution in [0.4, 0.5) is 0 Å². The number of hydrogen-bond donors (Lipinski definition) is 2. The van der Waals surface area contributed by atoms with Gasteiger partial charge in [-0.3, -0.25) is 9.69 Å². The summed E-state index contributed by atoms with van der Waals surface area (Å²) in [7, 11) is 0. The Labute approximate surface area is 124 Å². The van der Waals surface area contributed by atoms with Gasteiger partial charge in [0.25, 0.3) is 0 Å². The van der Waals surface area contributed by atoms with Gasteiger partial charge in [0.2, 0.25) is 5.91 Å². The maximum Gasteiger partial charge on any atom is 0.238 e. The minimum Gasteiger partial charge on any atom is -0.355 e. The van der Waals surface area contributed by atoms with Crippen LogP contribution in [0.25, 0.3) is 0 Å². The van der Waals surface area contributed by atoms with Crippen molar-refractivity contribution in [2.45, 2.75) is 39.8 Å². The molecule has 2 N–H and O–H groups in total. The predicted octanol–water partition coefficient (Wildman–Crippen LogP) is 1.23. The standard InChI is InChI=1S/C14H24N4OS/c1-5-16-14(19)12-8-15-6-7-18(12)9(2)13-10(3)20-11(4)17-13/h9,12,15H,5-8H2,1-4H3,(H,16,19). The van der Waals surface area contributed by atoms with Crippen molar-refractivity contribution in [3.8, 4) is 0 Å². The van der Waals surface area contributed by atoms with E-state index in [1.807, 2.05) is 13.8 Å². The van der Waals surface area contributed by atoms with Crippen LogP contribution in [0.1, 0.15) is 35.5 Å². The summed E-state index contributed by atoms with van der Waals surface area (Å²) in [5.74, 6) is 0.108. The van der Waals surface area contributed by atoms with E-state index in [1.165, 1.54) is 4.88 Å². The smallest absolute Gasteiger partial charge is 0.238 e. The number of carbonyl (C=O) groups is 1. The summed E-state index contributed by atoms with van der Waals surface area (Å²) < 4.78 is 0. The number of aromatic nitrogens is 1. The zero-order chi connectivity index (χ0) is 14.7. The van der Waals surface area contributed by atoms with E-state index in [4.69, 9.17) is 0 Å². The highest BCUT2D eigenvalue weighted by Crippen LogP contribution is 2.28. The SMILES string of the molecule is CCNC(=O)C1CNCCN1C(C)c1nc(C)sc1C. The number of hydrogen-bond acceptors (Lipinski definition) is 5. The molecule has 0 saturated carbocycles. The molecule has 1 saturated heterocycles. The van der Waals surface area contributed by atoms with Crippen molar-refractivity contribution in [2.24, 2.45) is 0 Å². The molecule has 1 aromatic rings. The van der Waals surface area contributed by atoms with Crippen LogP contribution >= 0.6 is 11.3 Å². The van der Waals surface area contributed by atoms with E-state index in [-0.39, 0.29) is 18.0 Å². The lowest BCUT2D eigenvalue weighted by atomic mass is 10.1. The van der Waals surface area contributed by atoms with Crippen LogP contribution in [0.5, 0.6) is 0 Å². The molecule has 1 fully saturated rings. The van der Waals surface area contributed by atoms with Crippen molar-refractivity contribution in [3.63, 3.8) is 0 Å². The number of rotatable bonds is 4. The molecule has 1 aromatic heterocycles. The van der Waals surface area contributed by atoms with Gasteiger partial charge in [0, 0.05) is 31.1 Å². The van der Waals surface area contributed by atoms with Gasteiger partial charge in [-0.25, -0.2) is 4.98 Å². The zero-order valence-corrected chi connectivity index (χ0v) is 13.5. The molecule has 0 radical (unpaired) electrons. The van der Waals surface area contributed by atoms with Gasteiger partial charge in [0.15, 0.2) is 0 Å². The van der Waals surface area contributed by atoms with Crippen LogP contribution in [0.3, 0.4) is 0 Å². The van der Waals surface area contributed by atoms with E-state index in [2.05, 4.69) is 34.4 Å². The highest BCUT2D eigenvalue weighted by molar-refractivity contribution is 7.11. The molecule has 5 nitrogen and oxygen atoms in total. The molecule has 2 atom stereocenters. The summed E-state index contributed by atoms with van der Waals surface area (Å²) in [6.45, 7) is 11.4. The molecule has 0 aromatic carbocycles. The largest absolute Gasteiger partial charge is 0.355 e. The summed E-state index contributed by atoms with van der Waals surface area (Å²) in [5.41, 5.74) is 1.11. The molecular formula is C14H24N4OS. The lowest BCUT2D eigenvalue weighted by Gasteiger charge is -2.38. The van der Waals surface area contributed by atoms with Crippen molar-refractivity contribution < 1.29 is 4.79 Å². The highest BCUT2D eigenvalue weighted by Gasteiger charge is 2.33. The molecule has 112 valence electrons. The second-order valence-electron chi connectivity index (χ2n) is 5.20. The second kappa shape index (κ2) is 6.65. The monoisotopic (exact) mass is 296 g/mol. The summed E-state index contributed by atoms with van der Waals surface area (Å²) in [6.07, 6.45) is 0. The molecule has 1 aliphatic heterocycles. The van der Waals surface area contributed by atoms with E-state index in [9.17, 15) is 4.79 Å². The Hall–Kier alpha value is -0.980. The van der Waals surface area contributed by atoms with Crippen LogP contribution in [-0.4, -0.2) is 48.0 Å². The molecule has 1 amide bonds. The third kappa shape index (κ3) is 3.19. The van der Waals surface area contributed by atoms with Gasteiger partial charge in [-0.1, -0.05) is 0 Å². The third-order valence-corrected chi connectivity index (χ3v) is 4.67. The van der Waals surface area contributed by atoms with E-state index in [0.717, 1.165) is 23.8 Å². The molecule has 0 spiro atoms. The first kappa shape index (κ1) is 15.4. The number of carbonyl (C=O) groups excluding carboxylic acids is 1. The van der Waals surface area contributed by atoms with Crippen LogP contribution in [-0.2, 0) is 4.79 Å². The molecule has 1 aliphatic rings. The number of amides is 1. The lowest BCUT2D eigenvalue weighted by Crippen LogP contribution is -2.58. The topological polar surface area (TPSA) is 57.3 Å². The second-order valence-corrected chi connectivity index (χ2v) is 6.61. The molecule has 20 heavy (non-hydrogen) atoms. The average Bonchev–Trinajstić information content (AvgIpc) is 2.77. The van der Waals surface area contributed by atoms with Crippen molar-refractivity contribution in [1.29, 1.82) is 0 Å². The van der Waals surface area contributed by atoms with E-state index >= 15 is 0 Å². The maximum absolute atomic E-state index is 12.2. The first-order valence-corrected chi connectivity index (χ1v) is 8.04. The number of aryl methyl sites for hydroxylation is 2. The first-order chi connectivity index (χ1) is 9.54. The van der Waals surface area contributed by atoms with Gasteiger partial charge in [-0.15, -0.1) is 11.3 Å². The summed E-state index contributed by atoms with van der Waals surface area (Å²) in [6, 6.07) is 0.0646. The summed E-state index contributed by atoms with van der Waals surface area (Å²) >= 11 is 1.73. The fourth-order valence-corrected chi connectivity index (χ4v) is 3.72. The number of thiazole rings is 1. The lowest BCUT2D eigenvalue weighted by molar-refractivity contribution is -0.128. The molecule has 2 unspecified atom stereocenters. The van der Waals surface area contributed by atoms with Gasteiger partial charge in [0.1, 0.15) is 6.04 Å². The van der Waals surface area contributed by atoms with Gasteiger partial charge >= 0.3 is 0 Å². The Kier molecular flexibility index (Phi) is 5.12.